The second kappa shape index (κ2) is 36.0. The van der Waals surface area contributed by atoms with Gasteiger partial charge in [0.2, 0.25) is 70.9 Å². The van der Waals surface area contributed by atoms with Crippen molar-refractivity contribution in [2.24, 2.45) is 35.5 Å². The second-order valence-corrected chi connectivity index (χ2v) is 30.8. The fraction of sp³-hybridized carbons (Fsp3) is 0.829. The van der Waals surface area contributed by atoms with E-state index >= 15 is 23.6 Å². The molecule has 6 rings (SSSR count). The van der Waals surface area contributed by atoms with Crippen LogP contribution in [0.3, 0.4) is 0 Å². The molecule has 3 aliphatic heterocycles. The first-order valence-corrected chi connectivity index (χ1v) is 36.5. The standard InChI is InChI=1S/C70H113ClF4N12O12/c1-14-44(6)59-66(97)81(9)40-57(90)79(7)41-58(91)83(11)53(37-46-22-20-23-47(72)35-46)64(95)80(8)39-55(88)76-50(28-26-45-25-27-48(49(71)36-45)70(73,74)75)63(94)87-33-21-24-51(87)62(93)78-69(29-16-17-30-69)68(99)85(13)60(43(4)5)67(98)84(12)54(65(96)86-31-18-15-19-32-86)38-56(89)82(10)52(34-42(2)3)61(92)77-59/h42-54,59-60H,14-41H2,1-13H3,(H,76,88)(H,77,92)(H,78,93)/t44-,45?,46?,47?,48?,49?,50-,51-,52-,53-,54-,59-,60-/m0/s1. The van der Waals surface area contributed by atoms with Crippen LogP contribution in [0.4, 0.5) is 17.6 Å². The van der Waals surface area contributed by atoms with Crippen LogP contribution >= 0.6 is 11.6 Å². The van der Waals surface area contributed by atoms with E-state index in [1.807, 2.05) is 20.8 Å². The number of piperidine rings is 1. The molecule has 3 heterocycles. The molecule has 0 aromatic heterocycles. The molecular weight excluding hydrogens is 1310 g/mol. The molecule has 560 valence electrons. The van der Waals surface area contributed by atoms with Crippen molar-refractivity contribution in [2.45, 2.75) is 248 Å². The van der Waals surface area contributed by atoms with Crippen molar-refractivity contribution in [3.8, 4) is 0 Å². The zero-order valence-electron chi connectivity index (χ0n) is 60.8. The third kappa shape index (κ3) is 20.9. The highest BCUT2D eigenvalue weighted by molar-refractivity contribution is 6.21. The van der Waals surface area contributed by atoms with Crippen LogP contribution < -0.4 is 16.0 Å². The minimum absolute atomic E-state index is 0.0133. The molecule has 6 fully saturated rings. The Labute approximate surface area is 587 Å². The predicted molar refractivity (Wildman–Crippen MR) is 363 cm³/mol. The summed E-state index contributed by atoms with van der Waals surface area (Å²) in [6.07, 6.45) is -0.407. The Morgan fingerprint density at radius 2 is 1.23 bits per heavy atom. The number of carbonyl (C=O) groups is 12. The van der Waals surface area contributed by atoms with E-state index in [0.29, 0.717) is 70.9 Å². The average Bonchev–Trinajstić information content (AvgIpc) is 1.75. The molecule has 3 N–H and O–H groups in total. The summed E-state index contributed by atoms with van der Waals surface area (Å²) in [4.78, 5) is 189. The largest absolute Gasteiger partial charge is 0.393 e. The van der Waals surface area contributed by atoms with Gasteiger partial charge in [-0.05, 0) is 132 Å². The van der Waals surface area contributed by atoms with Crippen molar-refractivity contribution in [2.75, 3.05) is 88.6 Å². The van der Waals surface area contributed by atoms with Gasteiger partial charge in [0.1, 0.15) is 54.0 Å². The third-order valence-electron chi connectivity index (χ3n) is 22.0. The lowest BCUT2D eigenvalue weighted by Gasteiger charge is -2.42. The van der Waals surface area contributed by atoms with Gasteiger partial charge >= 0.3 is 6.18 Å². The van der Waals surface area contributed by atoms with Crippen molar-refractivity contribution in [1.29, 1.82) is 0 Å². The van der Waals surface area contributed by atoms with E-state index in [1.165, 1.54) is 68.9 Å². The van der Waals surface area contributed by atoms with Gasteiger partial charge in [-0.25, -0.2) is 4.39 Å². The lowest BCUT2D eigenvalue weighted by atomic mass is 9.78. The lowest BCUT2D eigenvalue weighted by molar-refractivity contribution is -0.182. The zero-order valence-corrected chi connectivity index (χ0v) is 61.5. The number of likely N-dealkylation sites (tertiary alicyclic amines) is 1. The Hall–Kier alpha value is -6.35. The van der Waals surface area contributed by atoms with Crippen LogP contribution in [0.15, 0.2) is 0 Å². The smallest absolute Gasteiger partial charge is 0.343 e. The van der Waals surface area contributed by atoms with Gasteiger partial charge in [0.05, 0.1) is 32.0 Å². The molecule has 0 radical (unpaired) electrons. The number of halogens is 5. The fourth-order valence-corrected chi connectivity index (χ4v) is 16.1. The van der Waals surface area contributed by atoms with E-state index in [4.69, 9.17) is 11.6 Å². The van der Waals surface area contributed by atoms with Crippen LogP contribution in [0.5, 0.6) is 0 Å². The Morgan fingerprint density at radius 3 is 1.83 bits per heavy atom. The zero-order chi connectivity index (χ0) is 73.7. The quantitative estimate of drug-likeness (QED) is 0.171. The summed E-state index contributed by atoms with van der Waals surface area (Å²) in [6.45, 7) is 9.65. The van der Waals surface area contributed by atoms with Gasteiger partial charge in [-0.2, -0.15) is 13.2 Å². The summed E-state index contributed by atoms with van der Waals surface area (Å²) >= 11 is 6.38. The van der Waals surface area contributed by atoms with Gasteiger partial charge in [-0.1, -0.05) is 73.6 Å². The molecule has 29 heteroatoms. The van der Waals surface area contributed by atoms with E-state index in [9.17, 15) is 51.5 Å². The van der Waals surface area contributed by atoms with Gasteiger partial charge < -0.3 is 60.0 Å². The van der Waals surface area contributed by atoms with E-state index in [2.05, 4.69) is 16.0 Å². The van der Waals surface area contributed by atoms with Crippen LogP contribution in [0, 0.1) is 35.5 Å². The maximum absolute atomic E-state index is 15.4. The predicted octanol–water partition coefficient (Wildman–Crippen LogP) is 5.51. The number of hydrogen-bond donors (Lipinski definition) is 3. The molecule has 3 saturated heterocycles. The summed E-state index contributed by atoms with van der Waals surface area (Å²) in [6, 6.07) is -8.96. The molecule has 0 aromatic rings. The molecule has 12 amide bonds. The number of rotatable bonds is 11. The lowest BCUT2D eigenvalue weighted by Crippen LogP contribution is -2.65. The van der Waals surface area contributed by atoms with E-state index < -0.39 is 180 Å². The molecule has 24 nitrogen and oxygen atoms in total. The number of nitrogens with zero attached hydrogens (tertiary/aromatic N) is 9. The molecule has 5 unspecified atom stereocenters. The average molecular weight is 1430 g/mol. The van der Waals surface area contributed by atoms with Crippen molar-refractivity contribution in [3.63, 3.8) is 0 Å². The van der Waals surface area contributed by atoms with Gasteiger partial charge in [0.25, 0.3) is 0 Å². The van der Waals surface area contributed by atoms with Crippen LogP contribution in [0.25, 0.3) is 0 Å². The minimum atomic E-state index is -4.53. The number of carbonyl (C=O) groups excluding carboxylic acids is 12. The van der Waals surface area contributed by atoms with Gasteiger partial charge in [-0.15, -0.1) is 11.6 Å². The van der Waals surface area contributed by atoms with E-state index in [0.717, 1.165) is 26.0 Å². The van der Waals surface area contributed by atoms with Gasteiger partial charge in [0.15, 0.2) is 0 Å². The molecule has 3 saturated carbocycles. The molecule has 3 aliphatic carbocycles. The maximum atomic E-state index is 15.4. The number of likely N-dealkylation sites (N-methyl/N-ethyl adjacent to an activating group) is 7. The number of nitrogens with one attached hydrogen (secondary N) is 3. The first kappa shape index (κ1) is 81.6. The Balaban J connectivity index is 1.41. The second-order valence-electron chi connectivity index (χ2n) is 30.2. The van der Waals surface area contributed by atoms with Crippen LogP contribution in [-0.4, -0.2) is 269 Å². The maximum Gasteiger partial charge on any atom is 0.393 e. The Kier molecular flexibility index (Phi) is 29.7. The fourth-order valence-electron chi connectivity index (χ4n) is 15.6. The first-order valence-electron chi connectivity index (χ1n) is 36.1. The number of alkyl halides is 5. The summed E-state index contributed by atoms with van der Waals surface area (Å²) in [5.41, 5.74) is -1.58. The molecule has 0 aromatic carbocycles. The van der Waals surface area contributed by atoms with Crippen molar-refractivity contribution in [3.05, 3.63) is 0 Å². The molecule has 6 aliphatic rings. The van der Waals surface area contributed by atoms with Crippen LogP contribution in [0.1, 0.15) is 183 Å². The van der Waals surface area contributed by atoms with Crippen LogP contribution in [-0.2, 0) is 57.5 Å². The third-order valence-corrected chi connectivity index (χ3v) is 22.5. The highest BCUT2D eigenvalue weighted by atomic mass is 35.5. The molecule has 99 heavy (non-hydrogen) atoms. The van der Waals surface area contributed by atoms with Crippen LogP contribution in [0.2, 0.25) is 0 Å². The molecule has 1 spiro atoms. The summed E-state index contributed by atoms with van der Waals surface area (Å²) in [7, 11) is 9.65. The van der Waals surface area contributed by atoms with Crippen molar-refractivity contribution in [1.82, 2.24) is 60.0 Å². The van der Waals surface area contributed by atoms with Gasteiger partial charge in [-0.3, -0.25) is 57.5 Å². The molecular formula is C70H113ClF4N12O12. The molecule has 0 bridgehead atoms. The number of fused-ring (bicyclic) bond motifs is 1. The SMILES string of the molecule is CC[C@H](C)[C@@H]1NC(=O)[C@H](CC(C)C)N(C)C(=O)C[C@@H](C(=O)N2CCCCC2)N(C)C(=O)[C@H](C(C)C)N(C)C(=O)C2(CCCC2)NC(=O)[C@@H]2CCCN2C(=O)[C@H](CCC2CCC(C(F)(F)F)C(Cl)C2)NC(=O)CN(C)C(=O)[C@H](CC2CCCC(F)C2)N(C)C(=O)CN(C)C(=O)CN(C)C1=O. The number of amides is 12. The Morgan fingerprint density at radius 1 is 0.606 bits per heavy atom. The highest BCUT2D eigenvalue weighted by Crippen LogP contribution is 2.44. The Bertz CT molecular complexity index is 2880. The van der Waals surface area contributed by atoms with Crippen molar-refractivity contribution < 1.29 is 75.1 Å². The summed E-state index contributed by atoms with van der Waals surface area (Å²) < 4.78 is 57.0. The van der Waals surface area contributed by atoms with E-state index in [1.54, 1.807) is 25.7 Å². The van der Waals surface area contributed by atoms with E-state index in [-0.39, 0.29) is 94.9 Å². The minimum Gasteiger partial charge on any atom is -0.343 e. The first-order chi connectivity index (χ1) is 46.4. The monoisotopic (exact) mass is 1420 g/mol. The van der Waals surface area contributed by atoms with Gasteiger partial charge in [0, 0.05) is 74.3 Å². The van der Waals surface area contributed by atoms with Crippen molar-refractivity contribution >= 4 is 82.5 Å². The number of hydrogen-bond acceptors (Lipinski definition) is 12. The highest BCUT2D eigenvalue weighted by Gasteiger charge is 2.52. The normalized spacial score (nSPS) is 30.5. The summed E-state index contributed by atoms with van der Waals surface area (Å²) in [5, 5.41) is 7.44. The topological polar surface area (TPSA) is 270 Å². The molecule has 13 atom stereocenters. The summed E-state index contributed by atoms with van der Waals surface area (Å²) in [5.74, 6) is -11.9.